The normalized spacial score (nSPS) is 14.3. The van der Waals surface area contributed by atoms with Crippen LogP contribution in [0.2, 0.25) is 0 Å². The van der Waals surface area contributed by atoms with Crippen LogP contribution in [-0.4, -0.2) is 12.5 Å². The molecule has 4 nitrogen and oxygen atoms in total. The van der Waals surface area contributed by atoms with Gasteiger partial charge in [-0.1, -0.05) is 12.1 Å². The van der Waals surface area contributed by atoms with Crippen LogP contribution in [0.3, 0.4) is 0 Å². The minimum atomic E-state index is -2.85. The van der Waals surface area contributed by atoms with Crippen molar-refractivity contribution in [3.05, 3.63) is 64.9 Å². The van der Waals surface area contributed by atoms with E-state index in [1.165, 1.54) is 23.3 Å². The standard InChI is InChI=1S/C22H21F2NO3/c1-13(14-5-7-18(8-6-14)28-22(23)24)25-21(26)11-17-12-27-20-10-16-4-2-3-15(16)9-19(17)20/h5-10,12-13,22H,2-4,11H2,1H3,(H,25,26)/t13-/m0/s1. The van der Waals surface area contributed by atoms with Gasteiger partial charge in [-0.3, -0.25) is 4.79 Å². The predicted molar refractivity (Wildman–Crippen MR) is 102 cm³/mol. The lowest BCUT2D eigenvalue weighted by molar-refractivity contribution is -0.121. The summed E-state index contributed by atoms with van der Waals surface area (Å²) in [6, 6.07) is 10.2. The van der Waals surface area contributed by atoms with Gasteiger partial charge in [0.1, 0.15) is 11.3 Å². The monoisotopic (exact) mass is 385 g/mol. The molecule has 1 aromatic heterocycles. The van der Waals surface area contributed by atoms with Crippen molar-refractivity contribution in [2.24, 2.45) is 0 Å². The van der Waals surface area contributed by atoms with Crippen molar-refractivity contribution in [2.75, 3.05) is 0 Å². The molecule has 6 heteroatoms. The zero-order valence-electron chi connectivity index (χ0n) is 15.5. The van der Waals surface area contributed by atoms with Crippen LogP contribution in [0.15, 0.2) is 47.1 Å². The number of ether oxygens (including phenoxy) is 1. The summed E-state index contributed by atoms with van der Waals surface area (Å²) in [5.74, 6) is -0.0294. The Morgan fingerprint density at radius 2 is 1.89 bits per heavy atom. The molecular weight excluding hydrogens is 364 g/mol. The quantitative estimate of drug-likeness (QED) is 0.654. The average Bonchev–Trinajstić information content (AvgIpc) is 3.26. The Labute approximate surface area is 161 Å². The maximum absolute atomic E-state index is 12.5. The maximum Gasteiger partial charge on any atom is 0.387 e. The zero-order chi connectivity index (χ0) is 19.7. The zero-order valence-corrected chi connectivity index (χ0v) is 15.5. The number of amides is 1. The Morgan fingerprint density at radius 3 is 2.61 bits per heavy atom. The van der Waals surface area contributed by atoms with E-state index in [0.717, 1.165) is 41.4 Å². The van der Waals surface area contributed by atoms with Crippen molar-refractivity contribution in [2.45, 2.75) is 45.3 Å². The van der Waals surface area contributed by atoms with Gasteiger partial charge in [0.15, 0.2) is 0 Å². The average molecular weight is 385 g/mol. The number of furan rings is 1. The smallest absolute Gasteiger partial charge is 0.387 e. The molecule has 146 valence electrons. The summed E-state index contributed by atoms with van der Waals surface area (Å²) in [7, 11) is 0. The number of alkyl halides is 2. The molecule has 0 saturated carbocycles. The number of carbonyl (C=O) groups is 1. The molecule has 0 saturated heterocycles. The van der Waals surface area contributed by atoms with Crippen LogP contribution in [0.25, 0.3) is 11.0 Å². The first-order valence-electron chi connectivity index (χ1n) is 9.35. The molecule has 1 amide bonds. The SMILES string of the molecule is C[C@H](NC(=O)Cc1coc2cc3c(cc12)CCC3)c1ccc(OC(F)F)cc1. The third-order valence-electron chi connectivity index (χ3n) is 5.20. The second-order valence-electron chi connectivity index (χ2n) is 7.15. The third-order valence-corrected chi connectivity index (χ3v) is 5.20. The van der Waals surface area contributed by atoms with Gasteiger partial charge in [0.25, 0.3) is 0 Å². The molecule has 3 aromatic rings. The van der Waals surface area contributed by atoms with Gasteiger partial charge in [-0.2, -0.15) is 8.78 Å². The Bertz CT molecular complexity index is 995. The molecule has 4 rings (SSSR count). The number of rotatable bonds is 6. The Kier molecular flexibility index (Phi) is 5.03. The minimum absolute atomic E-state index is 0.0923. The predicted octanol–water partition coefficient (Wildman–Crippen LogP) is 4.94. The minimum Gasteiger partial charge on any atom is -0.464 e. The number of halogens is 2. The van der Waals surface area contributed by atoms with Gasteiger partial charge >= 0.3 is 6.61 Å². The summed E-state index contributed by atoms with van der Waals surface area (Å²) in [6.07, 6.45) is 5.20. The van der Waals surface area contributed by atoms with Gasteiger partial charge in [0.05, 0.1) is 18.7 Å². The molecule has 0 aliphatic heterocycles. The van der Waals surface area contributed by atoms with E-state index in [1.54, 1.807) is 18.4 Å². The van der Waals surface area contributed by atoms with Gasteiger partial charge < -0.3 is 14.5 Å². The van der Waals surface area contributed by atoms with E-state index < -0.39 is 6.61 Å². The van der Waals surface area contributed by atoms with Crippen LogP contribution < -0.4 is 10.1 Å². The first kappa shape index (κ1) is 18.5. The molecule has 0 spiro atoms. The number of aryl methyl sites for hydroxylation is 2. The van der Waals surface area contributed by atoms with Crippen molar-refractivity contribution in [3.8, 4) is 5.75 Å². The maximum atomic E-state index is 12.5. The first-order valence-corrected chi connectivity index (χ1v) is 9.35. The van der Waals surface area contributed by atoms with Crippen molar-refractivity contribution >= 4 is 16.9 Å². The number of carbonyl (C=O) groups excluding carboxylic acids is 1. The van der Waals surface area contributed by atoms with Gasteiger partial charge in [-0.05, 0) is 67.1 Å². The first-order chi connectivity index (χ1) is 13.5. The topological polar surface area (TPSA) is 51.5 Å². The molecule has 1 heterocycles. The third kappa shape index (κ3) is 3.86. The molecule has 0 bridgehead atoms. The molecular formula is C22H21F2NO3. The number of benzene rings is 2. The highest BCUT2D eigenvalue weighted by Crippen LogP contribution is 2.30. The summed E-state index contributed by atoms with van der Waals surface area (Å²) in [5, 5.41) is 3.94. The molecule has 0 fully saturated rings. The summed E-state index contributed by atoms with van der Waals surface area (Å²) in [4.78, 5) is 12.5. The Hall–Kier alpha value is -2.89. The lowest BCUT2D eigenvalue weighted by Gasteiger charge is -2.15. The van der Waals surface area contributed by atoms with Crippen molar-refractivity contribution in [1.29, 1.82) is 0 Å². The molecule has 1 aliphatic rings. The highest BCUT2D eigenvalue weighted by atomic mass is 19.3. The van der Waals surface area contributed by atoms with E-state index in [0.29, 0.717) is 0 Å². The molecule has 2 aromatic carbocycles. The van der Waals surface area contributed by atoms with Crippen LogP contribution in [0, 0.1) is 0 Å². The fraction of sp³-hybridized carbons (Fsp3) is 0.318. The van der Waals surface area contributed by atoms with Gasteiger partial charge in [-0.15, -0.1) is 0 Å². The second-order valence-corrected chi connectivity index (χ2v) is 7.15. The van der Waals surface area contributed by atoms with E-state index >= 15 is 0 Å². The number of hydrogen-bond acceptors (Lipinski definition) is 3. The summed E-state index contributed by atoms with van der Waals surface area (Å²) in [5.41, 5.74) is 5.19. The lowest BCUT2D eigenvalue weighted by atomic mass is 10.0. The Balaban J connectivity index is 1.42. The van der Waals surface area contributed by atoms with E-state index in [1.807, 2.05) is 6.92 Å². The number of hydrogen-bond donors (Lipinski definition) is 1. The summed E-state index contributed by atoms with van der Waals surface area (Å²) >= 11 is 0. The molecule has 28 heavy (non-hydrogen) atoms. The molecule has 0 unspecified atom stereocenters. The van der Waals surface area contributed by atoms with Crippen LogP contribution in [0.4, 0.5) is 8.78 Å². The van der Waals surface area contributed by atoms with Crippen LogP contribution in [0.5, 0.6) is 5.75 Å². The van der Waals surface area contributed by atoms with Crippen molar-refractivity contribution in [1.82, 2.24) is 5.32 Å². The molecule has 0 radical (unpaired) electrons. The van der Waals surface area contributed by atoms with E-state index in [-0.39, 0.29) is 24.1 Å². The molecule has 1 atom stereocenters. The number of nitrogens with one attached hydrogen (secondary N) is 1. The fourth-order valence-corrected chi connectivity index (χ4v) is 3.77. The van der Waals surface area contributed by atoms with Gasteiger partial charge in [0.2, 0.25) is 5.91 Å². The van der Waals surface area contributed by atoms with Crippen LogP contribution >= 0.6 is 0 Å². The largest absolute Gasteiger partial charge is 0.464 e. The van der Waals surface area contributed by atoms with E-state index in [4.69, 9.17) is 4.42 Å². The lowest BCUT2D eigenvalue weighted by Crippen LogP contribution is -2.28. The second kappa shape index (κ2) is 7.62. The van der Waals surface area contributed by atoms with Crippen LogP contribution in [-0.2, 0) is 24.1 Å². The van der Waals surface area contributed by atoms with Crippen molar-refractivity contribution in [3.63, 3.8) is 0 Å². The number of fused-ring (bicyclic) bond motifs is 2. The van der Waals surface area contributed by atoms with Gasteiger partial charge in [0, 0.05) is 10.9 Å². The molecule has 1 aliphatic carbocycles. The highest BCUT2D eigenvalue weighted by Gasteiger charge is 2.18. The highest BCUT2D eigenvalue weighted by molar-refractivity contribution is 5.88. The van der Waals surface area contributed by atoms with E-state index in [2.05, 4.69) is 22.2 Å². The van der Waals surface area contributed by atoms with Crippen molar-refractivity contribution < 1.29 is 22.7 Å². The Morgan fingerprint density at radius 1 is 1.18 bits per heavy atom. The molecule has 1 N–H and O–H groups in total. The fourth-order valence-electron chi connectivity index (χ4n) is 3.77. The van der Waals surface area contributed by atoms with Gasteiger partial charge in [-0.25, -0.2) is 0 Å². The van der Waals surface area contributed by atoms with E-state index in [9.17, 15) is 13.6 Å². The van der Waals surface area contributed by atoms with Crippen LogP contribution in [0.1, 0.15) is 41.6 Å². The summed E-state index contributed by atoms with van der Waals surface area (Å²) in [6.45, 7) is -1.00. The summed E-state index contributed by atoms with van der Waals surface area (Å²) < 4.78 is 34.5.